The minimum absolute atomic E-state index is 0.173. The molecule has 0 radical (unpaired) electrons. The number of ether oxygens (including phenoxy) is 1. The number of H-pyrrole nitrogens is 1. The SMILES string of the molecule is O=C(O)c1cccc(O[C@@H]2CN(Cc3ccc4[nH]ccc4c3)C[C@H]2O)c1. The lowest BCUT2D eigenvalue weighted by Gasteiger charge is -2.17. The molecule has 2 atom stereocenters. The number of benzene rings is 2. The summed E-state index contributed by atoms with van der Waals surface area (Å²) in [5, 5.41) is 20.6. The zero-order valence-electron chi connectivity index (χ0n) is 14.1. The van der Waals surface area contributed by atoms with Gasteiger partial charge in [-0.2, -0.15) is 0 Å². The molecule has 1 aliphatic heterocycles. The topological polar surface area (TPSA) is 85.8 Å². The lowest BCUT2D eigenvalue weighted by atomic mass is 10.1. The number of hydrogen-bond donors (Lipinski definition) is 3. The molecule has 6 heteroatoms. The fourth-order valence-corrected chi connectivity index (χ4v) is 3.41. The Morgan fingerprint density at radius 1 is 1.19 bits per heavy atom. The fourth-order valence-electron chi connectivity index (χ4n) is 3.41. The Hall–Kier alpha value is -2.83. The monoisotopic (exact) mass is 352 g/mol. The van der Waals surface area contributed by atoms with E-state index in [2.05, 4.69) is 28.1 Å². The molecule has 3 N–H and O–H groups in total. The van der Waals surface area contributed by atoms with Crippen molar-refractivity contribution < 1.29 is 19.7 Å². The first-order valence-electron chi connectivity index (χ1n) is 8.55. The smallest absolute Gasteiger partial charge is 0.335 e. The van der Waals surface area contributed by atoms with E-state index in [0.717, 1.165) is 12.1 Å². The number of aromatic amines is 1. The van der Waals surface area contributed by atoms with Gasteiger partial charge in [0.2, 0.25) is 0 Å². The van der Waals surface area contributed by atoms with E-state index in [-0.39, 0.29) is 11.7 Å². The van der Waals surface area contributed by atoms with E-state index >= 15 is 0 Å². The van der Waals surface area contributed by atoms with Crippen molar-refractivity contribution in [2.75, 3.05) is 13.1 Å². The van der Waals surface area contributed by atoms with Gasteiger partial charge in [0.05, 0.1) is 5.56 Å². The van der Waals surface area contributed by atoms with Gasteiger partial charge in [0.15, 0.2) is 0 Å². The number of aliphatic hydroxyl groups is 1. The van der Waals surface area contributed by atoms with E-state index in [1.165, 1.54) is 23.1 Å². The van der Waals surface area contributed by atoms with Crippen LogP contribution in [0.3, 0.4) is 0 Å². The summed E-state index contributed by atoms with van der Waals surface area (Å²) in [6.07, 6.45) is 0.929. The molecule has 0 aliphatic carbocycles. The highest BCUT2D eigenvalue weighted by atomic mass is 16.5. The second-order valence-corrected chi connectivity index (χ2v) is 6.65. The van der Waals surface area contributed by atoms with E-state index in [9.17, 15) is 9.90 Å². The van der Waals surface area contributed by atoms with E-state index in [0.29, 0.717) is 18.8 Å². The lowest BCUT2D eigenvalue weighted by molar-refractivity contribution is 0.0688. The number of aromatic nitrogens is 1. The van der Waals surface area contributed by atoms with Crippen molar-refractivity contribution in [3.05, 3.63) is 65.9 Å². The number of likely N-dealkylation sites (tertiary alicyclic amines) is 1. The highest BCUT2D eigenvalue weighted by Crippen LogP contribution is 2.22. The standard InChI is InChI=1S/C20H20N2O4/c23-18-11-22(10-13-4-5-17-14(8-13)6-7-21-17)12-19(18)26-16-3-1-2-15(9-16)20(24)25/h1-9,18-19,21,23H,10-12H2,(H,24,25)/t18-,19-/m1/s1. The number of carboxylic acids is 1. The minimum Gasteiger partial charge on any atom is -0.486 e. The van der Waals surface area contributed by atoms with Gasteiger partial charge < -0.3 is 19.9 Å². The highest BCUT2D eigenvalue weighted by Gasteiger charge is 2.33. The number of carbonyl (C=O) groups is 1. The van der Waals surface area contributed by atoms with Crippen molar-refractivity contribution in [1.29, 1.82) is 0 Å². The Morgan fingerprint density at radius 3 is 2.92 bits per heavy atom. The summed E-state index contributed by atoms with van der Waals surface area (Å²) in [4.78, 5) is 16.4. The van der Waals surface area contributed by atoms with Crippen molar-refractivity contribution in [2.45, 2.75) is 18.8 Å². The molecule has 1 aliphatic rings. The summed E-state index contributed by atoms with van der Waals surface area (Å²) in [5.74, 6) is -0.534. The van der Waals surface area contributed by atoms with Crippen LogP contribution >= 0.6 is 0 Å². The summed E-state index contributed by atoms with van der Waals surface area (Å²) < 4.78 is 5.84. The number of rotatable bonds is 5. The van der Waals surface area contributed by atoms with Gasteiger partial charge in [-0.05, 0) is 47.3 Å². The molecule has 26 heavy (non-hydrogen) atoms. The zero-order valence-corrected chi connectivity index (χ0v) is 14.1. The van der Waals surface area contributed by atoms with Gasteiger partial charge in [-0.15, -0.1) is 0 Å². The third-order valence-electron chi connectivity index (χ3n) is 4.70. The van der Waals surface area contributed by atoms with Gasteiger partial charge in [-0.1, -0.05) is 12.1 Å². The second-order valence-electron chi connectivity index (χ2n) is 6.65. The molecule has 1 fully saturated rings. The molecule has 2 aromatic carbocycles. The second kappa shape index (κ2) is 6.82. The van der Waals surface area contributed by atoms with Crippen LogP contribution in [0.1, 0.15) is 15.9 Å². The number of nitrogens with zero attached hydrogens (tertiary/aromatic N) is 1. The quantitative estimate of drug-likeness (QED) is 0.657. The van der Waals surface area contributed by atoms with Crippen LogP contribution in [-0.4, -0.2) is 51.4 Å². The van der Waals surface area contributed by atoms with Gasteiger partial charge in [0.25, 0.3) is 0 Å². The molecule has 4 rings (SSSR count). The predicted molar refractivity (Wildman–Crippen MR) is 97.4 cm³/mol. The Labute approximate surface area is 150 Å². The van der Waals surface area contributed by atoms with Crippen molar-refractivity contribution in [1.82, 2.24) is 9.88 Å². The fraction of sp³-hybridized carbons (Fsp3) is 0.250. The number of aromatic carboxylic acids is 1. The maximum absolute atomic E-state index is 11.1. The molecule has 6 nitrogen and oxygen atoms in total. The third kappa shape index (κ3) is 3.42. The van der Waals surface area contributed by atoms with E-state index in [1.54, 1.807) is 12.1 Å². The maximum atomic E-state index is 11.1. The van der Waals surface area contributed by atoms with E-state index in [1.807, 2.05) is 12.3 Å². The summed E-state index contributed by atoms with van der Waals surface area (Å²) in [7, 11) is 0. The maximum Gasteiger partial charge on any atom is 0.335 e. The molecule has 1 aromatic heterocycles. The predicted octanol–water partition coefficient (Wildman–Crippen LogP) is 2.49. The summed E-state index contributed by atoms with van der Waals surface area (Å²) in [6, 6.07) is 14.7. The first-order valence-corrected chi connectivity index (χ1v) is 8.55. The van der Waals surface area contributed by atoms with Crippen LogP contribution in [-0.2, 0) is 6.54 Å². The van der Waals surface area contributed by atoms with Crippen LogP contribution in [0.5, 0.6) is 5.75 Å². The Kier molecular flexibility index (Phi) is 4.36. The molecule has 0 unspecified atom stereocenters. The first kappa shape index (κ1) is 16.6. The van der Waals surface area contributed by atoms with E-state index < -0.39 is 12.1 Å². The van der Waals surface area contributed by atoms with Gasteiger partial charge in [0, 0.05) is 31.3 Å². The molecule has 0 saturated carbocycles. The third-order valence-corrected chi connectivity index (χ3v) is 4.70. The van der Waals surface area contributed by atoms with Gasteiger partial charge in [0.1, 0.15) is 18.0 Å². The number of β-amino-alcohol motifs (C(OH)–C–C–N with tert-alkyl or cyclic N) is 1. The summed E-state index contributed by atoms with van der Waals surface area (Å²) >= 11 is 0. The Balaban J connectivity index is 1.42. The summed E-state index contributed by atoms with van der Waals surface area (Å²) in [6.45, 7) is 1.84. The Bertz CT molecular complexity index is 936. The van der Waals surface area contributed by atoms with Crippen LogP contribution < -0.4 is 4.74 Å². The number of nitrogens with one attached hydrogen (secondary N) is 1. The Morgan fingerprint density at radius 2 is 2.08 bits per heavy atom. The molecule has 0 spiro atoms. The van der Waals surface area contributed by atoms with Gasteiger partial charge in [-0.25, -0.2) is 4.79 Å². The molecule has 134 valence electrons. The first-order chi connectivity index (χ1) is 12.6. The molecule has 2 heterocycles. The molecule has 0 amide bonds. The minimum atomic E-state index is -0.996. The normalized spacial score (nSPS) is 20.5. The zero-order chi connectivity index (χ0) is 18.1. The van der Waals surface area contributed by atoms with Gasteiger partial charge in [-0.3, -0.25) is 4.90 Å². The number of aliphatic hydroxyl groups excluding tert-OH is 1. The number of hydrogen-bond acceptors (Lipinski definition) is 4. The molecule has 0 bridgehead atoms. The molecule has 1 saturated heterocycles. The van der Waals surface area contributed by atoms with Crippen LogP contribution in [0.2, 0.25) is 0 Å². The molecular weight excluding hydrogens is 332 g/mol. The lowest BCUT2D eigenvalue weighted by Crippen LogP contribution is -2.30. The van der Waals surface area contributed by atoms with Crippen LogP contribution in [0.4, 0.5) is 0 Å². The average Bonchev–Trinajstić information content (AvgIpc) is 3.21. The van der Waals surface area contributed by atoms with E-state index in [4.69, 9.17) is 9.84 Å². The average molecular weight is 352 g/mol. The van der Waals surface area contributed by atoms with Gasteiger partial charge >= 0.3 is 5.97 Å². The summed E-state index contributed by atoms with van der Waals surface area (Å²) in [5.41, 5.74) is 2.46. The highest BCUT2D eigenvalue weighted by molar-refractivity contribution is 5.88. The molecule has 3 aromatic rings. The van der Waals surface area contributed by atoms with Crippen molar-refractivity contribution in [3.8, 4) is 5.75 Å². The van der Waals surface area contributed by atoms with Crippen molar-refractivity contribution in [2.24, 2.45) is 0 Å². The largest absolute Gasteiger partial charge is 0.486 e. The van der Waals surface area contributed by atoms with Crippen LogP contribution in [0.15, 0.2) is 54.7 Å². The van der Waals surface area contributed by atoms with Crippen molar-refractivity contribution in [3.63, 3.8) is 0 Å². The molecular formula is C20H20N2O4. The van der Waals surface area contributed by atoms with Crippen LogP contribution in [0, 0.1) is 0 Å². The number of fused-ring (bicyclic) bond motifs is 1. The van der Waals surface area contributed by atoms with Crippen molar-refractivity contribution >= 4 is 16.9 Å². The number of carboxylic acid groups (broad SMARTS) is 1. The van der Waals surface area contributed by atoms with Crippen LogP contribution in [0.25, 0.3) is 10.9 Å².